The number of nitrogens with zero attached hydrogens (tertiary/aromatic N) is 3. The van der Waals surface area contributed by atoms with Gasteiger partial charge in [0.15, 0.2) is 4.73 Å². The van der Waals surface area contributed by atoms with Gasteiger partial charge in [0.25, 0.3) is 5.91 Å². The molecule has 0 unspecified atom stereocenters. The second-order valence-electron chi connectivity index (χ2n) is 3.49. The van der Waals surface area contributed by atoms with Crippen LogP contribution in [0.2, 0.25) is 0 Å². The number of aromatic nitrogens is 2. The predicted molar refractivity (Wildman–Crippen MR) is 74.7 cm³/mol. The zero-order valence-electron chi connectivity index (χ0n) is 10.4. The van der Waals surface area contributed by atoms with Crippen molar-refractivity contribution in [3.63, 3.8) is 0 Å². The molecule has 18 heavy (non-hydrogen) atoms. The van der Waals surface area contributed by atoms with Crippen molar-refractivity contribution in [2.24, 2.45) is 7.05 Å². The van der Waals surface area contributed by atoms with Gasteiger partial charge in [-0.25, -0.2) is 4.98 Å². The summed E-state index contributed by atoms with van der Waals surface area (Å²) in [5.41, 5.74) is 0.954. The number of halogens is 1. The van der Waals surface area contributed by atoms with Crippen molar-refractivity contribution < 1.29 is 4.79 Å². The maximum Gasteiger partial charge on any atom is 0.276 e. The molecule has 0 aliphatic heterocycles. The molecule has 5 nitrogen and oxygen atoms in total. The predicted octanol–water partition coefficient (Wildman–Crippen LogP) is 2.36. The van der Waals surface area contributed by atoms with Crippen molar-refractivity contribution in [2.45, 2.75) is 6.92 Å². The lowest BCUT2D eigenvalue weighted by Gasteiger charge is -2.21. The van der Waals surface area contributed by atoms with Crippen LogP contribution in [0.5, 0.6) is 0 Å². The Morgan fingerprint density at radius 1 is 1.72 bits per heavy atom. The van der Waals surface area contributed by atoms with Gasteiger partial charge in [0.2, 0.25) is 0 Å². The van der Waals surface area contributed by atoms with Gasteiger partial charge >= 0.3 is 0 Å². The highest BCUT2D eigenvalue weighted by atomic mass is 79.9. The first-order chi connectivity index (χ1) is 8.56. The van der Waals surface area contributed by atoms with Gasteiger partial charge in [-0.1, -0.05) is 12.7 Å². The molecule has 1 amide bonds. The van der Waals surface area contributed by atoms with Crippen LogP contribution in [0.15, 0.2) is 35.4 Å². The standard InChI is InChI=1S/C12H15BrN4O/c1-4-6-9(7-14)17(5-2)11(18)10-8-15-12(13)16(10)3/h4,6-8,14H,1,5H2,2-3H3/b9-6+,14-7?. The first-order valence-corrected chi connectivity index (χ1v) is 6.18. The van der Waals surface area contributed by atoms with E-state index in [2.05, 4.69) is 27.5 Å². The van der Waals surface area contributed by atoms with Crippen molar-refractivity contribution in [1.82, 2.24) is 14.5 Å². The lowest BCUT2D eigenvalue weighted by molar-refractivity contribution is 0.0811. The fraction of sp³-hybridized carbons (Fsp3) is 0.250. The largest absolute Gasteiger partial charge is 0.318 e. The molecule has 0 atom stereocenters. The quantitative estimate of drug-likeness (QED) is 0.670. The molecule has 0 aliphatic rings. The fourth-order valence-corrected chi connectivity index (χ4v) is 1.80. The summed E-state index contributed by atoms with van der Waals surface area (Å²) in [6.45, 7) is 5.90. The first-order valence-electron chi connectivity index (χ1n) is 5.39. The normalized spacial score (nSPS) is 11.2. The van der Waals surface area contributed by atoms with E-state index in [0.29, 0.717) is 22.7 Å². The van der Waals surface area contributed by atoms with Gasteiger partial charge in [0.1, 0.15) is 5.69 Å². The molecule has 0 aliphatic carbocycles. The van der Waals surface area contributed by atoms with Gasteiger partial charge in [-0.3, -0.25) is 4.79 Å². The third-order valence-electron chi connectivity index (χ3n) is 2.46. The number of hydrogen-bond donors (Lipinski definition) is 1. The van der Waals surface area contributed by atoms with E-state index in [1.54, 1.807) is 23.8 Å². The summed E-state index contributed by atoms with van der Waals surface area (Å²) < 4.78 is 2.24. The van der Waals surface area contributed by atoms with E-state index in [0.717, 1.165) is 6.21 Å². The average molecular weight is 311 g/mol. The molecule has 1 rings (SSSR count). The molecule has 96 valence electrons. The van der Waals surface area contributed by atoms with Crippen LogP contribution in [-0.2, 0) is 7.05 Å². The number of rotatable bonds is 5. The molecule has 0 saturated heterocycles. The summed E-state index contributed by atoms with van der Waals surface area (Å²) in [5, 5.41) is 7.35. The van der Waals surface area contributed by atoms with E-state index in [1.165, 1.54) is 11.1 Å². The lowest BCUT2D eigenvalue weighted by Crippen LogP contribution is -2.32. The molecule has 1 N–H and O–H groups in total. The van der Waals surface area contributed by atoms with Crippen LogP contribution in [0.25, 0.3) is 0 Å². The molecule has 0 bridgehead atoms. The minimum Gasteiger partial charge on any atom is -0.318 e. The minimum atomic E-state index is -0.199. The Kier molecular flexibility index (Phi) is 5.03. The van der Waals surface area contributed by atoms with Crippen molar-refractivity contribution in [3.05, 3.63) is 41.1 Å². The van der Waals surface area contributed by atoms with Crippen molar-refractivity contribution in [2.75, 3.05) is 6.54 Å². The number of nitrogens with one attached hydrogen (secondary N) is 1. The Bertz CT molecular complexity index is 504. The van der Waals surface area contributed by atoms with Gasteiger partial charge in [-0.2, -0.15) is 0 Å². The van der Waals surface area contributed by atoms with E-state index in [4.69, 9.17) is 5.41 Å². The molecule has 0 radical (unpaired) electrons. The van der Waals surface area contributed by atoms with Gasteiger partial charge < -0.3 is 14.9 Å². The average Bonchev–Trinajstić information content (AvgIpc) is 2.69. The Balaban J connectivity index is 3.14. The lowest BCUT2D eigenvalue weighted by atomic mass is 10.3. The highest BCUT2D eigenvalue weighted by molar-refractivity contribution is 9.10. The highest BCUT2D eigenvalue weighted by Crippen LogP contribution is 2.14. The second-order valence-corrected chi connectivity index (χ2v) is 4.20. The molecule has 1 aromatic heterocycles. The van der Waals surface area contributed by atoms with Gasteiger partial charge in [-0.15, -0.1) is 0 Å². The van der Waals surface area contributed by atoms with Crippen LogP contribution in [0.3, 0.4) is 0 Å². The topological polar surface area (TPSA) is 62.0 Å². The maximum absolute atomic E-state index is 12.4. The SMILES string of the molecule is C=C/C=C(\C=N)N(CC)C(=O)c1cnc(Br)n1C. The molecular formula is C12H15BrN4O. The van der Waals surface area contributed by atoms with Crippen LogP contribution < -0.4 is 0 Å². The maximum atomic E-state index is 12.4. The molecule has 0 fully saturated rings. The number of carbonyl (C=O) groups is 1. The minimum absolute atomic E-state index is 0.199. The van der Waals surface area contributed by atoms with Crippen LogP contribution in [0.1, 0.15) is 17.4 Å². The third-order valence-corrected chi connectivity index (χ3v) is 3.20. The number of hydrogen-bond acceptors (Lipinski definition) is 3. The number of allylic oxidation sites excluding steroid dienone is 3. The Hall–Kier alpha value is -1.69. The number of amides is 1. The smallest absolute Gasteiger partial charge is 0.276 e. The summed E-state index contributed by atoms with van der Waals surface area (Å²) in [6, 6.07) is 0. The van der Waals surface area contributed by atoms with Crippen molar-refractivity contribution in [3.8, 4) is 0 Å². The van der Waals surface area contributed by atoms with E-state index in [9.17, 15) is 4.79 Å². The monoisotopic (exact) mass is 310 g/mol. The Morgan fingerprint density at radius 3 is 2.78 bits per heavy atom. The molecule has 1 aromatic rings. The van der Waals surface area contributed by atoms with Crippen LogP contribution in [-0.4, -0.2) is 33.1 Å². The number of imidazole rings is 1. The zero-order valence-corrected chi connectivity index (χ0v) is 11.9. The van der Waals surface area contributed by atoms with Crippen molar-refractivity contribution in [1.29, 1.82) is 5.41 Å². The summed E-state index contributed by atoms with van der Waals surface area (Å²) >= 11 is 3.25. The molecular weight excluding hydrogens is 296 g/mol. The fourth-order valence-electron chi connectivity index (χ4n) is 1.50. The Morgan fingerprint density at radius 2 is 2.39 bits per heavy atom. The summed E-state index contributed by atoms with van der Waals surface area (Å²) in [6.07, 6.45) is 5.81. The van der Waals surface area contributed by atoms with Crippen LogP contribution in [0, 0.1) is 5.41 Å². The van der Waals surface area contributed by atoms with E-state index >= 15 is 0 Å². The highest BCUT2D eigenvalue weighted by Gasteiger charge is 2.20. The van der Waals surface area contributed by atoms with E-state index in [1.807, 2.05) is 6.92 Å². The van der Waals surface area contributed by atoms with Crippen LogP contribution >= 0.6 is 15.9 Å². The van der Waals surface area contributed by atoms with Crippen LogP contribution in [0.4, 0.5) is 0 Å². The molecule has 1 heterocycles. The number of carbonyl (C=O) groups excluding carboxylic acids is 1. The first kappa shape index (κ1) is 14.4. The van der Waals surface area contributed by atoms with Crippen molar-refractivity contribution >= 4 is 28.1 Å². The molecule has 0 spiro atoms. The molecule has 0 aromatic carbocycles. The zero-order chi connectivity index (χ0) is 13.7. The summed E-state index contributed by atoms with van der Waals surface area (Å²) in [7, 11) is 1.75. The Labute approximate surface area is 114 Å². The van der Waals surface area contributed by atoms with Gasteiger partial charge in [-0.05, 0) is 28.9 Å². The third kappa shape index (κ3) is 2.76. The van der Waals surface area contributed by atoms with Gasteiger partial charge in [0.05, 0.1) is 11.9 Å². The molecule has 0 saturated carbocycles. The van der Waals surface area contributed by atoms with Gasteiger partial charge in [0, 0.05) is 19.8 Å². The molecule has 6 heteroatoms. The van der Waals surface area contributed by atoms with E-state index in [-0.39, 0.29) is 5.91 Å². The second kappa shape index (κ2) is 6.30. The summed E-state index contributed by atoms with van der Waals surface area (Å²) in [5.74, 6) is -0.199. The summed E-state index contributed by atoms with van der Waals surface area (Å²) in [4.78, 5) is 17.9. The van der Waals surface area contributed by atoms with E-state index < -0.39 is 0 Å².